The fraction of sp³-hybridized carbons (Fsp3) is 0.435. The molecule has 3 rings (SSSR count). The summed E-state index contributed by atoms with van der Waals surface area (Å²) in [6.45, 7) is 10.2. The lowest BCUT2D eigenvalue weighted by molar-refractivity contribution is -0.137. The van der Waals surface area contributed by atoms with E-state index in [9.17, 15) is 18.0 Å². The number of thiophene rings is 1. The molecule has 2 heterocycles. The summed E-state index contributed by atoms with van der Waals surface area (Å²) < 4.78 is 39.6. The predicted molar refractivity (Wildman–Crippen MR) is 117 cm³/mol. The SMILES string of the molecule is C=CCN1CCC(C(=O)CC)(c2cc(C)sc2Sc2ccc(C(F)(F)F)cc2)CC1. The molecular formula is C23H26F3NOS2. The Hall–Kier alpha value is -1.57. The average Bonchev–Trinajstić information content (AvgIpc) is 3.08. The number of hydrogen-bond donors (Lipinski definition) is 0. The zero-order valence-electron chi connectivity index (χ0n) is 17.2. The van der Waals surface area contributed by atoms with Crippen LogP contribution in [-0.4, -0.2) is 30.3 Å². The molecule has 0 N–H and O–H groups in total. The highest BCUT2D eigenvalue weighted by atomic mass is 32.2. The van der Waals surface area contributed by atoms with Gasteiger partial charge in [-0.25, -0.2) is 0 Å². The van der Waals surface area contributed by atoms with E-state index >= 15 is 0 Å². The maximum absolute atomic E-state index is 13.2. The molecule has 2 aromatic rings. The number of hydrogen-bond acceptors (Lipinski definition) is 4. The quantitative estimate of drug-likeness (QED) is 0.434. The van der Waals surface area contributed by atoms with Gasteiger partial charge in [-0.05, 0) is 68.8 Å². The van der Waals surface area contributed by atoms with Crippen LogP contribution in [0.3, 0.4) is 0 Å². The summed E-state index contributed by atoms with van der Waals surface area (Å²) >= 11 is 3.06. The van der Waals surface area contributed by atoms with Gasteiger partial charge < -0.3 is 0 Å². The molecule has 0 radical (unpaired) electrons. The number of halogens is 3. The molecule has 0 aliphatic carbocycles. The van der Waals surface area contributed by atoms with Gasteiger partial charge in [0.15, 0.2) is 0 Å². The monoisotopic (exact) mass is 453 g/mol. The number of likely N-dealkylation sites (tertiary alicyclic amines) is 1. The van der Waals surface area contributed by atoms with Crippen molar-refractivity contribution in [2.24, 2.45) is 0 Å². The topological polar surface area (TPSA) is 20.3 Å². The molecule has 1 aromatic heterocycles. The molecule has 2 nitrogen and oxygen atoms in total. The van der Waals surface area contributed by atoms with E-state index in [0.717, 1.165) is 64.2 Å². The van der Waals surface area contributed by atoms with Crippen LogP contribution in [0.5, 0.6) is 0 Å². The van der Waals surface area contributed by atoms with Crippen molar-refractivity contribution in [1.82, 2.24) is 4.90 Å². The van der Waals surface area contributed by atoms with Crippen molar-refractivity contribution in [2.45, 2.75) is 53.8 Å². The molecule has 1 aliphatic heterocycles. The van der Waals surface area contributed by atoms with Gasteiger partial charge >= 0.3 is 6.18 Å². The van der Waals surface area contributed by atoms with Crippen LogP contribution in [-0.2, 0) is 16.4 Å². The predicted octanol–water partition coefficient (Wildman–Crippen LogP) is 6.73. The van der Waals surface area contributed by atoms with Gasteiger partial charge in [-0.3, -0.25) is 9.69 Å². The number of alkyl halides is 3. The third-order valence-electron chi connectivity index (χ3n) is 5.68. The fourth-order valence-electron chi connectivity index (χ4n) is 4.06. The Morgan fingerprint density at radius 2 is 1.90 bits per heavy atom. The number of ketones is 1. The summed E-state index contributed by atoms with van der Waals surface area (Å²) in [6.07, 6.45) is -0.477. The minimum Gasteiger partial charge on any atom is -0.300 e. The molecule has 1 aromatic carbocycles. The van der Waals surface area contributed by atoms with Crippen LogP contribution in [0, 0.1) is 6.92 Å². The summed E-state index contributed by atoms with van der Waals surface area (Å²) in [5.41, 5.74) is -0.132. The highest BCUT2D eigenvalue weighted by Gasteiger charge is 2.43. The van der Waals surface area contributed by atoms with Crippen LogP contribution < -0.4 is 0 Å². The van der Waals surface area contributed by atoms with Gasteiger partial charge in [0.2, 0.25) is 0 Å². The molecule has 1 fully saturated rings. The van der Waals surface area contributed by atoms with Crippen LogP contribution in [0.2, 0.25) is 0 Å². The number of rotatable bonds is 7. The summed E-state index contributed by atoms with van der Waals surface area (Å²) in [5.74, 6) is 0.243. The Morgan fingerprint density at radius 3 is 2.43 bits per heavy atom. The number of piperidine rings is 1. The van der Waals surface area contributed by atoms with Crippen molar-refractivity contribution in [3.8, 4) is 0 Å². The zero-order chi connectivity index (χ0) is 21.9. The molecule has 0 amide bonds. The molecule has 1 saturated heterocycles. The van der Waals surface area contributed by atoms with Gasteiger partial charge in [0.25, 0.3) is 0 Å². The molecule has 1 aliphatic rings. The maximum atomic E-state index is 13.2. The Morgan fingerprint density at radius 1 is 1.27 bits per heavy atom. The molecule has 0 atom stereocenters. The number of aryl methyl sites for hydroxylation is 1. The standard InChI is InChI=1S/C23H26F3NOS2/c1-4-12-27-13-10-22(11-14-27,20(28)5-2)19-15-16(3)29-21(19)30-18-8-6-17(7-9-18)23(24,25)26/h4,6-9,15H,1,5,10-14H2,2-3H3. The second-order valence-electron chi connectivity index (χ2n) is 7.63. The summed E-state index contributed by atoms with van der Waals surface area (Å²) in [4.78, 5) is 17.3. The minimum absolute atomic E-state index is 0.243. The normalized spacial score (nSPS) is 17.1. The Kier molecular flexibility index (Phi) is 7.15. The van der Waals surface area contributed by atoms with Crippen molar-refractivity contribution < 1.29 is 18.0 Å². The van der Waals surface area contributed by atoms with Gasteiger partial charge in [-0.2, -0.15) is 13.2 Å². The van der Waals surface area contributed by atoms with E-state index in [4.69, 9.17) is 0 Å². The zero-order valence-corrected chi connectivity index (χ0v) is 18.9. The van der Waals surface area contributed by atoms with Crippen LogP contribution in [0.15, 0.2) is 52.1 Å². The molecule has 0 spiro atoms. The first-order valence-electron chi connectivity index (χ1n) is 10.0. The minimum atomic E-state index is -4.34. The molecule has 30 heavy (non-hydrogen) atoms. The summed E-state index contributed by atoms with van der Waals surface area (Å²) in [5, 5.41) is 0. The first-order chi connectivity index (χ1) is 14.2. The van der Waals surface area contributed by atoms with Crippen LogP contribution in [0.1, 0.15) is 42.2 Å². The second-order valence-corrected chi connectivity index (χ2v) is 10.2. The highest BCUT2D eigenvalue weighted by Crippen LogP contribution is 2.47. The van der Waals surface area contributed by atoms with Gasteiger partial charge in [0.05, 0.1) is 15.2 Å². The highest BCUT2D eigenvalue weighted by molar-refractivity contribution is 8.01. The van der Waals surface area contributed by atoms with E-state index in [1.165, 1.54) is 23.9 Å². The van der Waals surface area contributed by atoms with Crippen LogP contribution in [0.4, 0.5) is 13.2 Å². The van der Waals surface area contributed by atoms with Gasteiger partial charge in [-0.15, -0.1) is 17.9 Å². The third-order valence-corrected chi connectivity index (χ3v) is 7.94. The lowest BCUT2D eigenvalue weighted by atomic mass is 9.70. The number of carbonyl (C=O) groups excluding carboxylic acids is 1. The number of Topliss-reactive ketones (excluding diaryl/α,β-unsaturated/α-hetero) is 1. The third kappa shape index (κ3) is 4.84. The number of nitrogens with zero attached hydrogens (tertiary/aromatic N) is 1. The lowest BCUT2D eigenvalue weighted by Crippen LogP contribution is -2.47. The van der Waals surface area contributed by atoms with E-state index in [2.05, 4.69) is 17.5 Å². The lowest BCUT2D eigenvalue weighted by Gasteiger charge is -2.41. The van der Waals surface area contributed by atoms with Gasteiger partial charge in [0.1, 0.15) is 5.78 Å². The van der Waals surface area contributed by atoms with Crippen molar-refractivity contribution in [1.29, 1.82) is 0 Å². The van der Waals surface area contributed by atoms with Crippen molar-refractivity contribution in [3.05, 3.63) is 59.0 Å². The van der Waals surface area contributed by atoms with Crippen molar-refractivity contribution >= 4 is 28.9 Å². The maximum Gasteiger partial charge on any atom is 0.416 e. The van der Waals surface area contributed by atoms with E-state index in [0.29, 0.717) is 6.42 Å². The second kappa shape index (κ2) is 9.28. The number of benzene rings is 1. The van der Waals surface area contributed by atoms with E-state index in [1.54, 1.807) is 11.3 Å². The fourth-order valence-corrected chi connectivity index (χ4v) is 6.59. The smallest absolute Gasteiger partial charge is 0.300 e. The van der Waals surface area contributed by atoms with Crippen LogP contribution >= 0.6 is 23.1 Å². The Bertz CT molecular complexity index is 894. The van der Waals surface area contributed by atoms with E-state index < -0.39 is 17.2 Å². The summed E-state index contributed by atoms with van der Waals surface area (Å²) in [7, 11) is 0. The van der Waals surface area contributed by atoms with E-state index in [-0.39, 0.29) is 5.78 Å². The summed E-state index contributed by atoms with van der Waals surface area (Å²) in [6, 6.07) is 7.35. The molecule has 7 heteroatoms. The first-order valence-corrected chi connectivity index (χ1v) is 11.7. The molecular weight excluding hydrogens is 427 g/mol. The Labute approximate surface area is 184 Å². The van der Waals surface area contributed by atoms with Crippen LogP contribution in [0.25, 0.3) is 0 Å². The van der Waals surface area contributed by atoms with E-state index in [1.807, 2.05) is 19.9 Å². The largest absolute Gasteiger partial charge is 0.416 e. The average molecular weight is 454 g/mol. The van der Waals surface area contributed by atoms with Crippen molar-refractivity contribution in [2.75, 3.05) is 19.6 Å². The van der Waals surface area contributed by atoms with Gasteiger partial charge in [0, 0.05) is 22.7 Å². The van der Waals surface area contributed by atoms with Crippen molar-refractivity contribution in [3.63, 3.8) is 0 Å². The molecule has 0 saturated carbocycles. The molecule has 0 bridgehead atoms. The Balaban J connectivity index is 1.92. The first kappa shape index (κ1) is 23.1. The van der Waals surface area contributed by atoms with Gasteiger partial charge in [-0.1, -0.05) is 24.8 Å². The molecule has 0 unspecified atom stereocenters. The molecule has 162 valence electrons. The number of carbonyl (C=O) groups is 1.